The van der Waals surface area contributed by atoms with Crippen LogP contribution in [0, 0.1) is 6.92 Å². The van der Waals surface area contributed by atoms with Gasteiger partial charge < -0.3 is 15.1 Å². The molecule has 0 radical (unpaired) electrons. The molecule has 0 unspecified atom stereocenters. The molecule has 122 valence electrons. The lowest BCUT2D eigenvalue weighted by Gasteiger charge is -2.14. The zero-order chi connectivity index (χ0) is 14.1. The third-order valence-corrected chi connectivity index (χ3v) is 4.38. The summed E-state index contributed by atoms with van der Waals surface area (Å²) in [5.41, 5.74) is 6.55. The number of aryl methyl sites for hydroxylation is 1. The van der Waals surface area contributed by atoms with E-state index in [1.807, 2.05) is 29.3 Å². The Bertz CT molecular complexity index is 616. The van der Waals surface area contributed by atoms with Gasteiger partial charge in [0.1, 0.15) is 5.76 Å². The normalized spacial score (nSPS) is 17.0. The number of nitrogens with zero attached hydrogens (tertiary/aromatic N) is 2. The van der Waals surface area contributed by atoms with Crippen LogP contribution in [0.15, 0.2) is 21.9 Å². The molecule has 0 aromatic carbocycles. The van der Waals surface area contributed by atoms with Gasteiger partial charge in [-0.1, -0.05) is 6.07 Å². The minimum Gasteiger partial charge on any atom is -0.440 e. The van der Waals surface area contributed by atoms with Crippen molar-refractivity contribution in [2.75, 3.05) is 13.1 Å². The van der Waals surface area contributed by atoms with E-state index in [0.29, 0.717) is 18.2 Å². The lowest BCUT2D eigenvalue weighted by Crippen LogP contribution is -2.33. The number of hydrogen-bond donors (Lipinski definition) is 1. The van der Waals surface area contributed by atoms with Gasteiger partial charge in [0, 0.05) is 19.1 Å². The summed E-state index contributed by atoms with van der Waals surface area (Å²) < 4.78 is 5.65. The number of nitrogens with two attached hydrogens (primary N) is 1. The van der Waals surface area contributed by atoms with Gasteiger partial charge >= 0.3 is 0 Å². The maximum atomic E-state index is 12.2. The highest BCUT2D eigenvalue weighted by Gasteiger charge is 2.25. The molecule has 1 aliphatic rings. The first-order valence-electron chi connectivity index (χ1n) is 6.67. The maximum absolute atomic E-state index is 12.2. The zero-order valence-electron chi connectivity index (χ0n) is 12.2. The third-order valence-electron chi connectivity index (χ3n) is 3.52. The summed E-state index contributed by atoms with van der Waals surface area (Å²) in [5.74, 6) is 1.38. The number of rotatable bonds is 3. The van der Waals surface area contributed by atoms with Gasteiger partial charge in [0.25, 0.3) is 0 Å². The molecule has 2 N–H and O–H groups in total. The Morgan fingerprint density at radius 3 is 2.91 bits per heavy atom. The first-order chi connectivity index (χ1) is 9.63. The molecule has 2 aromatic heterocycles. The highest BCUT2D eigenvalue weighted by molar-refractivity contribution is 7.13. The first-order valence-corrected chi connectivity index (χ1v) is 7.55. The largest absolute Gasteiger partial charge is 0.440 e. The molecule has 3 heterocycles. The second-order valence-electron chi connectivity index (χ2n) is 5.06. The van der Waals surface area contributed by atoms with Crippen LogP contribution in [0.3, 0.4) is 0 Å². The molecule has 0 saturated carbocycles. The average Bonchev–Trinajstić information content (AvgIpc) is 3.11. The molecule has 2 aromatic rings. The Morgan fingerprint density at radius 1 is 1.55 bits per heavy atom. The lowest BCUT2D eigenvalue weighted by atomic mass is 10.2. The highest BCUT2D eigenvalue weighted by atomic mass is 35.5. The summed E-state index contributed by atoms with van der Waals surface area (Å²) in [7, 11) is 0. The second-order valence-corrected chi connectivity index (χ2v) is 6.01. The van der Waals surface area contributed by atoms with Crippen molar-refractivity contribution in [2.24, 2.45) is 5.73 Å². The van der Waals surface area contributed by atoms with Crippen LogP contribution >= 0.6 is 36.2 Å². The van der Waals surface area contributed by atoms with E-state index in [4.69, 9.17) is 10.2 Å². The first kappa shape index (κ1) is 19.0. The molecule has 22 heavy (non-hydrogen) atoms. The highest BCUT2D eigenvalue weighted by Crippen LogP contribution is 2.26. The average molecular weight is 364 g/mol. The molecule has 1 saturated heterocycles. The Labute approximate surface area is 145 Å². The van der Waals surface area contributed by atoms with Crippen LogP contribution in [0.4, 0.5) is 0 Å². The molecule has 1 aliphatic heterocycles. The van der Waals surface area contributed by atoms with E-state index >= 15 is 0 Å². The second kappa shape index (κ2) is 7.97. The Kier molecular flexibility index (Phi) is 6.87. The monoisotopic (exact) mass is 363 g/mol. The molecule has 1 atom stereocenters. The van der Waals surface area contributed by atoms with Crippen LogP contribution in [0.1, 0.15) is 17.9 Å². The molecule has 8 heteroatoms. The minimum absolute atomic E-state index is 0. The van der Waals surface area contributed by atoms with Crippen molar-refractivity contribution >= 4 is 42.1 Å². The SMILES string of the molecule is Cc1oc(-c2cccs2)nc1CC(=O)N1CC[C@@H](N)C1.Cl.Cl. The number of hydrogen-bond acceptors (Lipinski definition) is 5. The van der Waals surface area contributed by atoms with Crippen LogP contribution in [0.2, 0.25) is 0 Å². The number of carbonyl (C=O) groups excluding carboxylic acids is 1. The third kappa shape index (κ3) is 4.01. The molecule has 3 rings (SSSR count). The van der Waals surface area contributed by atoms with Crippen molar-refractivity contribution < 1.29 is 9.21 Å². The van der Waals surface area contributed by atoms with Crippen molar-refractivity contribution in [1.82, 2.24) is 9.88 Å². The van der Waals surface area contributed by atoms with Crippen LogP contribution in [0.25, 0.3) is 10.8 Å². The molecule has 0 spiro atoms. The fourth-order valence-electron chi connectivity index (χ4n) is 2.37. The maximum Gasteiger partial charge on any atom is 0.236 e. The fraction of sp³-hybridized carbons (Fsp3) is 0.429. The van der Waals surface area contributed by atoms with Gasteiger partial charge in [-0.2, -0.15) is 0 Å². The molecule has 1 fully saturated rings. The van der Waals surface area contributed by atoms with Crippen molar-refractivity contribution in [3.63, 3.8) is 0 Å². The van der Waals surface area contributed by atoms with E-state index in [-0.39, 0.29) is 43.2 Å². The van der Waals surface area contributed by atoms with Crippen LogP contribution in [-0.2, 0) is 11.2 Å². The molecular weight excluding hydrogens is 345 g/mol. The molecule has 0 aliphatic carbocycles. The van der Waals surface area contributed by atoms with Gasteiger partial charge in [0.05, 0.1) is 17.0 Å². The smallest absolute Gasteiger partial charge is 0.236 e. The summed E-state index contributed by atoms with van der Waals surface area (Å²) in [6, 6.07) is 4.02. The van der Waals surface area contributed by atoms with E-state index < -0.39 is 0 Å². The predicted octanol–water partition coefficient (Wildman–Crippen LogP) is 2.66. The van der Waals surface area contributed by atoms with Crippen molar-refractivity contribution in [3.05, 3.63) is 29.0 Å². The van der Waals surface area contributed by atoms with E-state index in [1.54, 1.807) is 11.3 Å². The summed E-state index contributed by atoms with van der Waals surface area (Å²) in [6.07, 6.45) is 1.16. The van der Waals surface area contributed by atoms with Crippen molar-refractivity contribution in [1.29, 1.82) is 0 Å². The summed E-state index contributed by atoms with van der Waals surface area (Å²) in [5, 5.41) is 1.98. The summed E-state index contributed by atoms with van der Waals surface area (Å²) >= 11 is 1.57. The van der Waals surface area contributed by atoms with E-state index in [1.165, 1.54) is 0 Å². The summed E-state index contributed by atoms with van der Waals surface area (Å²) in [6.45, 7) is 3.24. The standard InChI is InChI=1S/C14H17N3O2S.2ClH/c1-9-11(7-13(18)17-5-4-10(15)8-17)16-14(19-9)12-3-2-6-20-12;;/h2-3,6,10H,4-5,7-8,15H2,1H3;2*1H/t10-;;/m1../s1. The van der Waals surface area contributed by atoms with Gasteiger partial charge in [-0.25, -0.2) is 4.98 Å². The molecule has 5 nitrogen and oxygen atoms in total. The Hall–Kier alpha value is -1.08. The van der Waals surface area contributed by atoms with Crippen LogP contribution in [-0.4, -0.2) is 34.9 Å². The quantitative estimate of drug-likeness (QED) is 0.909. The van der Waals surface area contributed by atoms with Gasteiger partial charge in [-0.15, -0.1) is 36.2 Å². The zero-order valence-corrected chi connectivity index (χ0v) is 14.6. The van der Waals surface area contributed by atoms with Crippen LogP contribution < -0.4 is 5.73 Å². The van der Waals surface area contributed by atoms with Crippen molar-refractivity contribution in [3.8, 4) is 10.8 Å². The van der Waals surface area contributed by atoms with E-state index in [9.17, 15) is 4.79 Å². The molecular formula is C14H19Cl2N3O2S. The fourth-order valence-corrected chi connectivity index (χ4v) is 3.02. The lowest BCUT2D eigenvalue weighted by molar-refractivity contribution is -0.129. The van der Waals surface area contributed by atoms with Gasteiger partial charge in [-0.05, 0) is 24.8 Å². The number of amides is 1. The predicted molar refractivity (Wildman–Crippen MR) is 91.9 cm³/mol. The van der Waals surface area contributed by atoms with E-state index in [2.05, 4.69) is 4.98 Å². The number of halogens is 2. The van der Waals surface area contributed by atoms with Crippen molar-refractivity contribution in [2.45, 2.75) is 25.8 Å². The topological polar surface area (TPSA) is 72.4 Å². The van der Waals surface area contributed by atoms with E-state index in [0.717, 1.165) is 23.5 Å². The number of thiophene rings is 1. The number of aromatic nitrogens is 1. The Balaban J connectivity index is 0.00000121. The number of carbonyl (C=O) groups is 1. The summed E-state index contributed by atoms with van der Waals surface area (Å²) in [4.78, 5) is 19.4. The van der Waals surface area contributed by atoms with Gasteiger partial charge in [0.2, 0.25) is 11.8 Å². The Morgan fingerprint density at radius 2 is 2.32 bits per heavy atom. The molecule has 1 amide bonds. The van der Waals surface area contributed by atoms with Gasteiger partial charge in [0.15, 0.2) is 0 Å². The van der Waals surface area contributed by atoms with Gasteiger partial charge in [-0.3, -0.25) is 4.79 Å². The number of oxazole rings is 1. The molecule has 0 bridgehead atoms. The van der Waals surface area contributed by atoms with Crippen LogP contribution in [0.5, 0.6) is 0 Å². The minimum atomic E-state index is 0. The number of likely N-dealkylation sites (tertiary alicyclic amines) is 1.